The predicted molar refractivity (Wildman–Crippen MR) is 139 cm³/mol. The topological polar surface area (TPSA) is 96.0 Å². The SMILES string of the molecule is COc1ccc(N(CC(=O)N(Cc2ccccc2C)[C@@H](C)C(=O)NC(C)(C)C)S(C)(=O)=O)cc1Cl. The number of anilines is 1. The zero-order valence-corrected chi connectivity index (χ0v) is 22.8. The summed E-state index contributed by atoms with van der Waals surface area (Å²) < 4.78 is 31.4. The average molecular weight is 524 g/mol. The summed E-state index contributed by atoms with van der Waals surface area (Å²) in [5, 5.41) is 3.10. The van der Waals surface area contributed by atoms with Crippen molar-refractivity contribution in [3.63, 3.8) is 0 Å². The van der Waals surface area contributed by atoms with Gasteiger partial charge in [0, 0.05) is 12.1 Å². The van der Waals surface area contributed by atoms with Crippen LogP contribution in [0.1, 0.15) is 38.8 Å². The third kappa shape index (κ3) is 7.86. The molecule has 192 valence electrons. The molecule has 8 nitrogen and oxygen atoms in total. The minimum Gasteiger partial charge on any atom is -0.495 e. The molecule has 0 aliphatic rings. The molecule has 1 N–H and O–H groups in total. The lowest BCUT2D eigenvalue weighted by Crippen LogP contribution is -2.54. The first-order valence-electron chi connectivity index (χ1n) is 11.1. The van der Waals surface area contributed by atoms with Gasteiger partial charge >= 0.3 is 0 Å². The van der Waals surface area contributed by atoms with Gasteiger partial charge in [-0.15, -0.1) is 0 Å². The van der Waals surface area contributed by atoms with Gasteiger partial charge in [-0.2, -0.15) is 0 Å². The third-order valence-electron chi connectivity index (χ3n) is 5.37. The third-order valence-corrected chi connectivity index (χ3v) is 6.81. The fraction of sp³-hybridized carbons (Fsp3) is 0.440. The number of amides is 2. The van der Waals surface area contributed by atoms with Crippen molar-refractivity contribution in [3.05, 3.63) is 58.6 Å². The van der Waals surface area contributed by atoms with E-state index in [-0.39, 0.29) is 23.2 Å². The van der Waals surface area contributed by atoms with Crippen LogP contribution in [-0.2, 0) is 26.2 Å². The minimum absolute atomic E-state index is 0.144. The van der Waals surface area contributed by atoms with Crippen LogP contribution in [0.3, 0.4) is 0 Å². The Morgan fingerprint density at radius 2 is 1.77 bits per heavy atom. The van der Waals surface area contributed by atoms with Crippen molar-refractivity contribution in [1.82, 2.24) is 10.2 Å². The van der Waals surface area contributed by atoms with E-state index in [0.29, 0.717) is 5.75 Å². The lowest BCUT2D eigenvalue weighted by molar-refractivity contribution is -0.140. The molecule has 2 aromatic carbocycles. The summed E-state index contributed by atoms with van der Waals surface area (Å²) >= 11 is 6.21. The van der Waals surface area contributed by atoms with Gasteiger partial charge in [0.15, 0.2) is 0 Å². The number of aryl methyl sites for hydroxylation is 1. The monoisotopic (exact) mass is 523 g/mol. The molecule has 0 spiro atoms. The Kier molecular flexibility index (Phi) is 9.19. The Morgan fingerprint density at radius 1 is 1.14 bits per heavy atom. The van der Waals surface area contributed by atoms with Crippen molar-refractivity contribution in [3.8, 4) is 5.75 Å². The van der Waals surface area contributed by atoms with Gasteiger partial charge < -0.3 is 15.0 Å². The molecule has 0 heterocycles. The molecule has 2 aromatic rings. The molecule has 0 aliphatic carbocycles. The number of benzene rings is 2. The normalized spacial score (nSPS) is 12.6. The van der Waals surface area contributed by atoms with Gasteiger partial charge in [0.25, 0.3) is 0 Å². The Balaban J connectivity index is 2.45. The standard InChI is InChI=1S/C25H34ClN3O5S/c1-17-10-8-9-11-19(17)15-28(18(2)24(31)27-25(3,4)5)23(30)16-29(35(7,32)33)20-12-13-22(34-6)21(26)14-20/h8-14,18H,15-16H2,1-7H3,(H,27,31)/t18-/m0/s1. The highest BCUT2D eigenvalue weighted by Gasteiger charge is 2.31. The van der Waals surface area contributed by atoms with Crippen LogP contribution in [0.4, 0.5) is 5.69 Å². The van der Waals surface area contributed by atoms with Crippen LogP contribution >= 0.6 is 11.6 Å². The van der Waals surface area contributed by atoms with Crippen LogP contribution in [0.25, 0.3) is 0 Å². The fourth-order valence-corrected chi connectivity index (χ4v) is 4.55. The zero-order chi connectivity index (χ0) is 26.6. The smallest absolute Gasteiger partial charge is 0.244 e. The number of methoxy groups -OCH3 is 1. The highest BCUT2D eigenvalue weighted by Crippen LogP contribution is 2.30. The number of carbonyl (C=O) groups excluding carboxylic acids is 2. The lowest BCUT2D eigenvalue weighted by atomic mass is 10.1. The average Bonchev–Trinajstić information content (AvgIpc) is 2.74. The van der Waals surface area contributed by atoms with Crippen LogP contribution in [0.5, 0.6) is 5.75 Å². The first kappa shape index (κ1) is 28.5. The van der Waals surface area contributed by atoms with E-state index in [9.17, 15) is 18.0 Å². The van der Waals surface area contributed by atoms with Gasteiger partial charge in [-0.3, -0.25) is 13.9 Å². The predicted octanol–water partition coefficient (Wildman–Crippen LogP) is 3.76. The number of carbonyl (C=O) groups is 2. The molecule has 0 saturated carbocycles. The summed E-state index contributed by atoms with van der Waals surface area (Å²) in [4.78, 5) is 28.0. The number of hydrogen-bond acceptors (Lipinski definition) is 5. The van der Waals surface area contributed by atoms with Gasteiger partial charge in [0.1, 0.15) is 18.3 Å². The number of nitrogens with zero attached hydrogens (tertiary/aromatic N) is 2. The molecule has 2 rings (SSSR count). The fourth-order valence-electron chi connectivity index (χ4n) is 3.45. The Bertz CT molecular complexity index is 1180. The summed E-state index contributed by atoms with van der Waals surface area (Å²) in [6.45, 7) is 8.75. The number of sulfonamides is 1. The highest BCUT2D eigenvalue weighted by molar-refractivity contribution is 7.92. The van der Waals surface area contributed by atoms with E-state index >= 15 is 0 Å². The molecule has 1 atom stereocenters. The second kappa shape index (κ2) is 11.3. The van der Waals surface area contributed by atoms with Gasteiger partial charge in [-0.1, -0.05) is 35.9 Å². The molecule has 0 aliphatic heterocycles. The van der Waals surface area contributed by atoms with E-state index in [2.05, 4.69) is 5.32 Å². The Hall–Kier alpha value is -2.78. The number of halogens is 1. The highest BCUT2D eigenvalue weighted by atomic mass is 35.5. The maximum absolute atomic E-state index is 13.6. The summed E-state index contributed by atoms with van der Waals surface area (Å²) in [5.41, 5.74) is 1.53. The largest absolute Gasteiger partial charge is 0.495 e. The van der Waals surface area contributed by atoms with Crippen molar-refractivity contribution in [2.24, 2.45) is 0 Å². The summed E-state index contributed by atoms with van der Waals surface area (Å²) in [5.74, 6) is -0.483. The molecule has 10 heteroatoms. The molecule has 2 amide bonds. The summed E-state index contributed by atoms with van der Waals surface area (Å²) in [6, 6.07) is 11.2. The van der Waals surface area contributed by atoms with Gasteiger partial charge in [-0.25, -0.2) is 8.42 Å². The summed E-state index contributed by atoms with van der Waals surface area (Å²) in [7, 11) is -2.40. The second-order valence-electron chi connectivity index (χ2n) is 9.45. The van der Waals surface area contributed by atoms with Crippen molar-refractivity contribution in [1.29, 1.82) is 0 Å². The van der Waals surface area contributed by atoms with Crippen LogP contribution in [0, 0.1) is 6.92 Å². The van der Waals surface area contributed by atoms with E-state index < -0.39 is 34.1 Å². The van der Waals surface area contributed by atoms with Crippen LogP contribution in [0.15, 0.2) is 42.5 Å². The van der Waals surface area contributed by atoms with Crippen molar-refractivity contribution < 1.29 is 22.7 Å². The van der Waals surface area contributed by atoms with E-state index in [1.165, 1.54) is 30.2 Å². The number of hydrogen-bond donors (Lipinski definition) is 1. The quantitative estimate of drug-likeness (QED) is 0.540. The summed E-state index contributed by atoms with van der Waals surface area (Å²) in [6.07, 6.45) is 1.01. The molecule has 0 bridgehead atoms. The minimum atomic E-state index is -3.85. The van der Waals surface area contributed by atoms with Gasteiger partial charge in [-0.05, 0) is 63.9 Å². The Labute approximate surface area is 213 Å². The van der Waals surface area contributed by atoms with E-state index in [4.69, 9.17) is 16.3 Å². The first-order chi connectivity index (χ1) is 16.1. The first-order valence-corrected chi connectivity index (χ1v) is 13.3. The molecule has 0 aromatic heterocycles. The maximum atomic E-state index is 13.6. The van der Waals surface area contributed by atoms with Crippen LogP contribution in [0.2, 0.25) is 5.02 Å². The van der Waals surface area contributed by atoms with Crippen LogP contribution in [-0.4, -0.2) is 56.6 Å². The molecule has 0 unspecified atom stereocenters. The van der Waals surface area contributed by atoms with Crippen molar-refractivity contribution >= 4 is 39.1 Å². The van der Waals surface area contributed by atoms with E-state index in [0.717, 1.165) is 21.7 Å². The molecule has 0 radical (unpaired) electrons. The maximum Gasteiger partial charge on any atom is 0.244 e. The van der Waals surface area contributed by atoms with Gasteiger partial charge in [0.2, 0.25) is 21.8 Å². The molecular weight excluding hydrogens is 490 g/mol. The van der Waals surface area contributed by atoms with E-state index in [1.807, 2.05) is 52.0 Å². The molecule has 0 saturated heterocycles. The number of nitrogens with one attached hydrogen (secondary N) is 1. The second-order valence-corrected chi connectivity index (χ2v) is 11.8. The lowest BCUT2D eigenvalue weighted by Gasteiger charge is -2.33. The molecule has 35 heavy (non-hydrogen) atoms. The zero-order valence-electron chi connectivity index (χ0n) is 21.3. The van der Waals surface area contributed by atoms with E-state index in [1.54, 1.807) is 6.92 Å². The van der Waals surface area contributed by atoms with Crippen molar-refractivity contribution in [2.75, 3.05) is 24.2 Å². The number of ether oxygens (including phenoxy) is 1. The molecular formula is C25H34ClN3O5S. The number of rotatable bonds is 9. The van der Waals surface area contributed by atoms with Gasteiger partial charge in [0.05, 0.1) is 24.1 Å². The molecule has 0 fully saturated rings. The Morgan fingerprint density at radius 3 is 2.29 bits per heavy atom. The van der Waals surface area contributed by atoms with Crippen molar-refractivity contribution in [2.45, 2.75) is 52.7 Å². The van der Waals surface area contributed by atoms with Crippen LogP contribution < -0.4 is 14.4 Å².